The van der Waals surface area contributed by atoms with E-state index in [1.807, 2.05) is 0 Å². The first-order valence-corrected chi connectivity index (χ1v) is 5.61. The third kappa shape index (κ3) is 5.97. The number of aliphatic hydroxyl groups is 1. The highest BCUT2D eigenvalue weighted by atomic mass is 127. The summed E-state index contributed by atoms with van der Waals surface area (Å²) in [5.74, 6) is 1.62. The van der Waals surface area contributed by atoms with E-state index in [2.05, 4.69) is 10.3 Å². The van der Waals surface area contributed by atoms with Gasteiger partial charge in [0.1, 0.15) is 11.5 Å². The molecule has 1 aromatic carbocycles. The van der Waals surface area contributed by atoms with Gasteiger partial charge in [-0.2, -0.15) is 0 Å². The highest BCUT2D eigenvalue weighted by Gasteiger charge is 2.05. The minimum absolute atomic E-state index is 0. The van der Waals surface area contributed by atoms with Gasteiger partial charge in [-0.05, 0) is 18.6 Å². The van der Waals surface area contributed by atoms with Crippen LogP contribution in [0.4, 0.5) is 5.69 Å². The third-order valence-corrected chi connectivity index (χ3v) is 2.27. The number of methoxy groups -OCH3 is 2. The van der Waals surface area contributed by atoms with Crippen LogP contribution in [0.2, 0.25) is 0 Å². The molecule has 4 N–H and O–H groups in total. The Bertz CT molecular complexity index is 413. The summed E-state index contributed by atoms with van der Waals surface area (Å²) in [6.45, 7) is 0.570. The zero-order chi connectivity index (χ0) is 13.4. The topological polar surface area (TPSA) is 89.1 Å². The summed E-state index contributed by atoms with van der Waals surface area (Å²) in [6, 6.07) is 5.35. The van der Waals surface area contributed by atoms with Crippen LogP contribution in [-0.4, -0.2) is 38.4 Å². The fourth-order valence-electron chi connectivity index (χ4n) is 1.36. The van der Waals surface area contributed by atoms with E-state index in [0.29, 0.717) is 30.2 Å². The number of guanidine groups is 1. The Balaban J connectivity index is 0.00000324. The van der Waals surface area contributed by atoms with Crippen molar-refractivity contribution in [3.63, 3.8) is 0 Å². The normalized spacial score (nSPS) is 10.6. The second-order valence-electron chi connectivity index (χ2n) is 3.54. The quantitative estimate of drug-likeness (QED) is 0.300. The van der Waals surface area contributed by atoms with Crippen molar-refractivity contribution in [2.75, 3.05) is 32.7 Å². The molecule has 6 nitrogen and oxygen atoms in total. The number of aliphatic hydroxyl groups excluding tert-OH is 1. The van der Waals surface area contributed by atoms with Crippen LogP contribution in [-0.2, 0) is 0 Å². The summed E-state index contributed by atoms with van der Waals surface area (Å²) in [4.78, 5) is 4.07. The lowest BCUT2D eigenvalue weighted by Crippen LogP contribution is -2.23. The number of halogens is 1. The van der Waals surface area contributed by atoms with E-state index in [1.54, 1.807) is 32.4 Å². The molecule has 0 amide bonds. The van der Waals surface area contributed by atoms with Gasteiger partial charge in [-0.15, -0.1) is 24.0 Å². The molecular formula is C12H20IN3O3. The van der Waals surface area contributed by atoms with Crippen LogP contribution in [0.25, 0.3) is 0 Å². The van der Waals surface area contributed by atoms with Crippen molar-refractivity contribution in [3.05, 3.63) is 18.2 Å². The van der Waals surface area contributed by atoms with E-state index in [4.69, 9.17) is 20.3 Å². The van der Waals surface area contributed by atoms with Crippen molar-refractivity contribution in [2.24, 2.45) is 10.7 Å². The van der Waals surface area contributed by atoms with Gasteiger partial charge in [0.2, 0.25) is 0 Å². The number of aliphatic imine (C=N–C) groups is 1. The average Bonchev–Trinajstić information content (AvgIpc) is 2.39. The Labute approximate surface area is 130 Å². The first-order valence-electron chi connectivity index (χ1n) is 5.61. The number of ether oxygens (including phenoxy) is 2. The standard InChI is InChI=1S/C12H19N3O3.HI/c1-17-9-4-5-11(18-2)10(8-9)15-12(13)14-6-3-7-16;/h4-5,8,16H,3,6-7H2,1-2H3,(H3,13,14,15);1H. The fourth-order valence-corrected chi connectivity index (χ4v) is 1.36. The van der Waals surface area contributed by atoms with Crippen LogP contribution in [0.5, 0.6) is 11.5 Å². The van der Waals surface area contributed by atoms with Crippen LogP contribution in [0, 0.1) is 0 Å². The van der Waals surface area contributed by atoms with E-state index in [-0.39, 0.29) is 36.5 Å². The maximum absolute atomic E-state index is 8.65. The summed E-state index contributed by atoms with van der Waals surface area (Å²) in [6.07, 6.45) is 0.581. The highest BCUT2D eigenvalue weighted by molar-refractivity contribution is 14.0. The molecule has 0 aliphatic carbocycles. The SMILES string of the molecule is COc1ccc(OC)c(NC(N)=NCCCO)c1.I. The molecule has 0 fully saturated rings. The van der Waals surface area contributed by atoms with Gasteiger partial charge in [-0.25, -0.2) is 0 Å². The fraction of sp³-hybridized carbons (Fsp3) is 0.417. The van der Waals surface area contributed by atoms with Crippen LogP contribution in [0.15, 0.2) is 23.2 Å². The predicted molar refractivity (Wildman–Crippen MR) is 86.8 cm³/mol. The van der Waals surface area contributed by atoms with E-state index < -0.39 is 0 Å². The van der Waals surface area contributed by atoms with E-state index in [1.165, 1.54) is 0 Å². The van der Waals surface area contributed by atoms with Crippen LogP contribution in [0.1, 0.15) is 6.42 Å². The second-order valence-corrected chi connectivity index (χ2v) is 3.54. The number of anilines is 1. The lowest BCUT2D eigenvalue weighted by molar-refractivity contribution is 0.291. The van der Waals surface area contributed by atoms with Crippen molar-refractivity contribution in [1.82, 2.24) is 0 Å². The molecule has 0 bridgehead atoms. The van der Waals surface area contributed by atoms with Gasteiger partial charge in [0, 0.05) is 19.2 Å². The summed E-state index contributed by atoms with van der Waals surface area (Å²) in [5.41, 5.74) is 6.41. The molecule has 0 saturated heterocycles. The minimum Gasteiger partial charge on any atom is -0.497 e. The number of nitrogens with two attached hydrogens (primary N) is 1. The molecule has 0 radical (unpaired) electrons. The first kappa shape index (κ1) is 17.8. The molecule has 0 saturated carbocycles. The molecule has 0 aliphatic heterocycles. The second kappa shape index (κ2) is 9.68. The third-order valence-electron chi connectivity index (χ3n) is 2.27. The Morgan fingerprint density at radius 3 is 2.68 bits per heavy atom. The highest BCUT2D eigenvalue weighted by Crippen LogP contribution is 2.28. The van der Waals surface area contributed by atoms with Crippen molar-refractivity contribution in [2.45, 2.75) is 6.42 Å². The van der Waals surface area contributed by atoms with E-state index >= 15 is 0 Å². The number of nitrogens with zero attached hydrogens (tertiary/aromatic N) is 1. The minimum atomic E-state index is 0. The number of rotatable bonds is 6. The van der Waals surface area contributed by atoms with Crippen molar-refractivity contribution >= 4 is 35.6 Å². The lowest BCUT2D eigenvalue weighted by Gasteiger charge is -2.12. The largest absolute Gasteiger partial charge is 0.497 e. The molecule has 0 aliphatic rings. The van der Waals surface area contributed by atoms with Gasteiger partial charge in [0.25, 0.3) is 0 Å². The Morgan fingerprint density at radius 1 is 1.37 bits per heavy atom. The smallest absolute Gasteiger partial charge is 0.193 e. The van der Waals surface area contributed by atoms with Crippen molar-refractivity contribution < 1.29 is 14.6 Å². The predicted octanol–water partition coefficient (Wildman–Crippen LogP) is 1.43. The summed E-state index contributed by atoms with van der Waals surface area (Å²) in [5, 5.41) is 11.6. The van der Waals surface area contributed by atoms with Crippen LogP contribution >= 0.6 is 24.0 Å². The molecule has 108 valence electrons. The zero-order valence-corrected chi connectivity index (χ0v) is 13.4. The van der Waals surface area contributed by atoms with Crippen molar-refractivity contribution in [3.8, 4) is 11.5 Å². The summed E-state index contributed by atoms with van der Waals surface area (Å²) in [7, 11) is 3.16. The summed E-state index contributed by atoms with van der Waals surface area (Å²) < 4.78 is 10.3. The van der Waals surface area contributed by atoms with Gasteiger partial charge in [0.05, 0.1) is 19.9 Å². The molecule has 0 unspecified atom stereocenters. The molecule has 1 rings (SSSR count). The number of nitrogens with one attached hydrogen (secondary N) is 1. The molecule has 0 aromatic heterocycles. The Morgan fingerprint density at radius 2 is 2.11 bits per heavy atom. The monoisotopic (exact) mass is 381 g/mol. The van der Waals surface area contributed by atoms with Gasteiger partial charge in [-0.3, -0.25) is 4.99 Å². The average molecular weight is 381 g/mol. The van der Waals surface area contributed by atoms with E-state index in [0.717, 1.165) is 0 Å². The van der Waals surface area contributed by atoms with Gasteiger partial charge in [0.15, 0.2) is 5.96 Å². The number of hydrogen-bond donors (Lipinski definition) is 3. The van der Waals surface area contributed by atoms with E-state index in [9.17, 15) is 0 Å². The summed E-state index contributed by atoms with van der Waals surface area (Å²) >= 11 is 0. The molecule has 0 atom stereocenters. The molecule has 19 heavy (non-hydrogen) atoms. The van der Waals surface area contributed by atoms with Crippen LogP contribution in [0.3, 0.4) is 0 Å². The van der Waals surface area contributed by atoms with Gasteiger partial charge < -0.3 is 25.6 Å². The lowest BCUT2D eigenvalue weighted by atomic mass is 10.2. The van der Waals surface area contributed by atoms with Gasteiger partial charge in [-0.1, -0.05) is 0 Å². The molecule has 0 spiro atoms. The number of hydrogen-bond acceptors (Lipinski definition) is 4. The van der Waals surface area contributed by atoms with Gasteiger partial charge >= 0.3 is 0 Å². The maximum Gasteiger partial charge on any atom is 0.193 e. The molecule has 0 heterocycles. The Kier molecular flexibility index (Phi) is 9.06. The molecular weight excluding hydrogens is 361 g/mol. The molecule has 7 heteroatoms. The van der Waals surface area contributed by atoms with Crippen LogP contribution < -0.4 is 20.5 Å². The molecule has 1 aromatic rings. The number of benzene rings is 1. The Hall–Kier alpha value is -1.22. The zero-order valence-electron chi connectivity index (χ0n) is 11.0. The maximum atomic E-state index is 8.65. The van der Waals surface area contributed by atoms with Crippen molar-refractivity contribution in [1.29, 1.82) is 0 Å². The first-order chi connectivity index (χ1) is 8.71.